The molecule has 0 atom stereocenters. The molecule has 0 amide bonds. The molecule has 0 radical (unpaired) electrons. The van der Waals surface area contributed by atoms with Gasteiger partial charge in [-0.3, -0.25) is 4.79 Å². The molecule has 0 aliphatic heterocycles. The lowest BCUT2D eigenvalue weighted by Gasteiger charge is -1.98. The SMILES string of the molecule is Cc1cccc(Sc2nc(Cl)c(C=O)s2)c1. The monoisotopic (exact) mass is 269 g/mol. The first-order valence-electron chi connectivity index (χ1n) is 4.55. The summed E-state index contributed by atoms with van der Waals surface area (Å²) in [5, 5.41) is 0.287. The topological polar surface area (TPSA) is 30.0 Å². The maximum Gasteiger partial charge on any atom is 0.163 e. The number of aryl methyl sites for hydroxylation is 1. The Labute approximate surface area is 107 Å². The van der Waals surface area contributed by atoms with Crippen molar-refractivity contribution in [1.29, 1.82) is 0 Å². The van der Waals surface area contributed by atoms with Crippen molar-refractivity contribution in [2.24, 2.45) is 0 Å². The Morgan fingerprint density at radius 2 is 2.31 bits per heavy atom. The Bertz CT molecular complexity index is 524. The van der Waals surface area contributed by atoms with Crippen molar-refractivity contribution in [2.75, 3.05) is 0 Å². The zero-order valence-electron chi connectivity index (χ0n) is 8.44. The average Bonchev–Trinajstić information content (AvgIpc) is 2.58. The van der Waals surface area contributed by atoms with Crippen molar-refractivity contribution in [3.05, 3.63) is 39.9 Å². The first kappa shape index (κ1) is 11.6. The number of thiazole rings is 1. The summed E-state index contributed by atoms with van der Waals surface area (Å²) >= 11 is 8.63. The molecule has 82 valence electrons. The third-order valence-electron chi connectivity index (χ3n) is 1.89. The Morgan fingerprint density at radius 1 is 1.50 bits per heavy atom. The molecule has 0 saturated heterocycles. The van der Waals surface area contributed by atoms with Crippen molar-refractivity contribution < 1.29 is 4.79 Å². The van der Waals surface area contributed by atoms with Crippen molar-refractivity contribution in [1.82, 2.24) is 4.98 Å². The number of aldehydes is 1. The van der Waals surface area contributed by atoms with Gasteiger partial charge < -0.3 is 0 Å². The fraction of sp³-hybridized carbons (Fsp3) is 0.0909. The molecule has 5 heteroatoms. The van der Waals surface area contributed by atoms with E-state index in [1.165, 1.54) is 28.7 Å². The molecule has 2 rings (SSSR count). The highest BCUT2D eigenvalue weighted by Gasteiger charge is 2.09. The molecule has 0 spiro atoms. The van der Waals surface area contributed by atoms with Gasteiger partial charge in [0.2, 0.25) is 0 Å². The fourth-order valence-electron chi connectivity index (χ4n) is 1.19. The van der Waals surface area contributed by atoms with E-state index >= 15 is 0 Å². The lowest BCUT2D eigenvalue weighted by Crippen LogP contribution is -1.74. The minimum Gasteiger partial charge on any atom is -0.297 e. The number of aromatic nitrogens is 1. The van der Waals surface area contributed by atoms with Gasteiger partial charge in [0.15, 0.2) is 15.8 Å². The van der Waals surface area contributed by atoms with Crippen LogP contribution in [0.5, 0.6) is 0 Å². The number of carbonyl (C=O) groups is 1. The lowest BCUT2D eigenvalue weighted by molar-refractivity contribution is 0.112. The highest BCUT2D eigenvalue weighted by atomic mass is 35.5. The molecular formula is C11H8ClNOS2. The predicted molar refractivity (Wildman–Crippen MR) is 67.8 cm³/mol. The smallest absolute Gasteiger partial charge is 0.163 e. The molecule has 1 heterocycles. The second-order valence-electron chi connectivity index (χ2n) is 3.17. The summed E-state index contributed by atoms with van der Waals surface area (Å²) in [5.41, 5.74) is 1.20. The summed E-state index contributed by atoms with van der Waals surface area (Å²) in [5.74, 6) is 0. The standard InChI is InChI=1S/C11H8ClNOS2/c1-7-3-2-4-8(5-7)15-11-13-10(12)9(6-14)16-11/h2-6H,1H3. The third-order valence-corrected chi connectivity index (χ3v) is 4.32. The van der Waals surface area contributed by atoms with Crippen LogP contribution in [0.15, 0.2) is 33.5 Å². The van der Waals surface area contributed by atoms with Gasteiger partial charge >= 0.3 is 0 Å². The molecule has 1 aromatic heterocycles. The molecular weight excluding hydrogens is 262 g/mol. The van der Waals surface area contributed by atoms with E-state index in [-0.39, 0.29) is 5.15 Å². The third kappa shape index (κ3) is 2.64. The van der Waals surface area contributed by atoms with Crippen LogP contribution in [0, 0.1) is 6.92 Å². The van der Waals surface area contributed by atoms with Crippen LogP contribution >= 0.6 is 34.7 Å². The average molecular weight is 270 g/mol. The molecule has 1 aromatic carbocycles. The van der Waals surface area contributed by atoms with Crippen LogP contribution in [0.3, 0.4) is 0 Å². The normalized spacial score (nSPS) is 10.4. The summed E-state index contributed by atoms with van der Waals surface area (Å²) < 4.78 is 0.790. The highest BCUT2D eigenvalue weighted by molar-refractivity contribution is 8.01. The van der Waals surface area contributed by atoms with E-state index in [9.17, 15) is 4.79 Å². The number of halogens is 1. The Balaban J connectivity index is 2.23. The number of hydrogen-bond donors (Lipinski definition) is 0. The van der Waals surface area contributed by atoms with Crippen LogP contribution in [0.25, 0.3) is 0 Å². The Hall–Kier alpha value is -0.840. The number of hydrogen-bond acceptors (Lipinski definition) is 4. The van der Waals surface area contributed by atoms with E-state index < -0.39 is 0 Å². The van der Waals surface area contributed by atoms with Crippen LogP contribution < -0.4 is 0 Å². The Kier molecular flexibility index (Phi) is 3.63. The van der Waals surface area contributed by atoms with Gasteiger partial charge in [0.25, 0.3) is 0 Å². The number of carbonyl (C=O) groups excluding carboxylic acids is 1. The quantitative estimate of drug-likeness (QED) is 0.787. The van der Waals surface area contributed by atoms with Gasteiger partial charge in [-0.25, -0.2) is 4.98 Å². The minimum absolute atomic E-state index is 0.287. The van der Waals surface area contributed by atoms with E-state index in [1.807, 2.05) is 25.1 Å². The molecule has 0 aliphatic carbocycles. The number of rotatable bonds is 3. The summed E-state index contributed by atoms with van der Waals surface area (Å²) in [6, 6.07) is 8.11. The largest absolute Gasteiger partial charge is 0.297 e. The van der Waals surface area contributed by atoms with Crippen LogP contribution in [0.2, 0.25) is 5.15 Å². The number of nitrogens with zero attached hydrogens (tertiary/aromatic N) is 1. The highest BCUT2D eigenvalue weighted by Crippen LogP contribution is 2.34. The van der Waals surface area contributed by atoms with E-state index in [1.54, 1.807) is 0 Å². The summed E-state index contributed by atoms with van der Waals surface area (Å²) in [4.78, 5) is 16.3. The van der Waals surface area contributed by atoms with Gasteiger partial charge in [-0.1, -0.05) is 41.1 Å². The maximum absolute atomic E-state index is 10.6. The van der Waals surface area contributed by atoms with Crippen LogP contribution in [0.4, 0.5) is 0 Å². The van der Waals surface area contributed by atoms with Gasteiger partial charge in [-0.15, -0.1) is 11.3 Å². The van der Waals surface area contributed by atoms with Gasteiger partial charge in [0.1, 0.15) is 4.88 Å². The van der Waals surface area contributed by atoms with E-state index in [0.29, 0.717) is 4.88 Å². The molecule has 0 aliphatic rings. The van der Waals surface area contributed by atoms with E-state index in [4.69, 9.17) is 11.6 Å². The van der Waals surface area contributed by atoms with Crippen LogP contribution in [-0.2, 0) is 0 Å². The first-order chi connectivity index (χ1) is 7.69. The molecule has 0 saturated carbocycles. The zero-order valence-corrected chi connectivity index (χ0v) is 10.8. The number of benzene rings is 1. The van der Waals surface area contributed by atoms with Crippen molar-refractivity contribution in [3.63, 3.8) is 0 Å². The maximum atomic E-state index is 10.6. The van der Waals surface area contributed by atoms with Crippen molar-refractivity contribution in [3.8, 4) is 0 Å². The van der Waals surface area contributed by atoms with E-state index in [0.717, 1.165) is 15.5 Å². The molecule has 0 N–H and O–H groups in total. The second kappa shape index (κ2) is 4.99. The molecule has 2 aromatic rings. The van der Waals surface area contributed by atoms with Gasteiger partial charge in [-0.05, 0) is 19.1 Å². The molecule has 0 bridgehead atoms. The lowest BCUT2D eigenvalue weighted by atomic mass is 10.2. The van der Waals surface area contributed by atoms with Crippen LogP contribution in [-0.4, -0.2) is 11.3 Å². The van der Waals surface area contributed by atoms with Crippen LogP contribution in [0.1, 0.15) is 15.2 Å². The zero-order chi connectivity index (χ0) is 11.5. The van der Waals surface area contributed by atoms with Gasteiger partial charge in [-0.2, -0.15) is 0 Å². The van der Waals surface area contributed by atoms with Crippen molar-refractivity contribution in [2.45, 2.75) is 16.2 Å². The first-order valence-corrected chi connectivity index (χ1v) is 6.56. The summed E-state index contributed by atoms with van der Waals surface area (Å²) in [6.45, 7) is 2.04. The minimum atomic E-state index is 0.287. The summed E-state index contributed by atoms with van der Waals surface area (Å²) in [7, 11) is 0. The summed E-state index contributed by atoms with van der Waals surface area (Å²) in [6.07, 6.45) is 0.736. The predicted octanol–water partition coefficient (Wildman–Crippen LogP) is 4.07. The van der Waals surface area contributed by atoms with Gasteiger partial charge in [0.05, 0.1) is 0 Å². The molecule has 16 heavy (non-hydrogen) atoms. The molecule has 0 unspecified atom stereocenters. The fourth-order valence-corrected chi connectivity index (χ4v) is 3.49. The van der Waals surface area contributed by atoms with Crippen molar-refractivity contribution >= 4 is 41.0 Å². The van der Waals surface area contributed by atoms with Gasteiger partial charge in [0, 0.05) is 4.90 Å². The van der Waals surface area contributed by atoms with E-state index in [2.05, 4.69) is 11.1 Å². The molecule has 2 nitrogen and oxygen atoms in total. The molecule has 0 fully saturated rings. The second-order valence-corrected chi connectivity index (χ2v) is 5.88. The Morgan fingerprint density at radius 3 is 2.94 bits per heavy atom.